The molecular weight excluding hydrogens is 362 g/mol. The molecule has 0 unspecified atom stereocenters. The smallest absolute Gasteiger partial charge is 0.328 e. The van der Waals surface area contributed by atoms with E-state index in [1.54, 1.807) is 16.8 Å². The number of likely N-dealkylation sites (tertiary alicyclic amines) is 1. The number of ether oxygens (including phenoxy) is 2. The summed E-state index contributed by atoms with van der Waals surface area (Å²) in [6.07, 6.45) is 2.61. The zero-order valence-electron chi connectivity index (χ0n) is 17.6. The Hall–Kier alpha value is -2.09. The molecule has 0 N–H and O–H groups in total. The summed E-state index contributed by atoms with van der Waals surface area (Å²) in [5, 5.41) is 0. The fourth-order valence-corrected chi connectivity index (χ4v) is 4.34. The van der Waals surface area contributed by atoms with Crippen LogP contribution in [0.2, 0.25) is 0 Å². The maximum atomic E-state index is 13.0. The molecule has 1 spiro atoms. The summed E-state index contributed by atoms with van der Waals surface area (Å²) in [4.78, 5) is 42.2. The van der Waals surface area contributed by atoms with E-state index in [0.717, 1.165) is 0 Å². The summed E-state index contributed by atoms with van der Waals surface area (Å²) in [6.45, 7) is 11.4. The predicted molar refractivity (Wildman–Crippen MR) is 105 cm³/mol. The molecule has 3 amide bonds. The standard InChI is InChI=1S/C20H33N3O5/c1-7-16(24)23-12-13-28-20(15(23)4)8-10-22(11-9-20)19(26)21(5)17(14(2)3)18(25)27-6/h7,14-15,17H,1,8-13H2,2-6H3/t15-,17-/m0/s1. The largest absolute Gasteiger partial charge is 0.467 e. The van der Waals surface area contributed by atoms with Gasteiger partial charge in [-0.15, -0.1) is 0 Å². The molecule has 0 aromatic carbocycles. The van der Waals surface area contributed by atoms with Crippen molar-refractivity contribution in [3.63, 3.8) is 0 Å². The monoisotopic (exact) mass is 395 g/mol. The molecule has 2 aliphatic heterocycles. The molecule has 2 heterocycles. The van der Waals surface area contributed by atoms with Crippen molar-refractivity contribution in [3.05, 3.63) is 12.7 Å². The first-order chi connectivity index (χ1) is 13.2. The predicted octanol–water partition coefficient (Wildman–Crippen LogP) is 1.50. The third kappa shape index (κ3) is 4.16. The van der Waals surface area contributed by atoms with E-state index in [2.05, 4.69) is 6.58 Å². The lowest BCUT2D eigenvalue weighted by Gasteiger charge is -2.52. The van der Waals surface area contributed by atoms with E-state index in [9.17, 15) is 14.4 Å². The third-order valence-electron chi connectivity index (χ3n) is 6.08. The number of morpholine rings is 1. The lowest BCUT2D eigenvalue weighted by molar-refractivity contribution is -0.173. The zero-order valence-corrected chi connectivity index (χ0v) is 17.6. The van der Waals surface area contributed by atoms with Gasteiger partial charge in [0.25, 0.3) is 0 Å². The summed E-state index contributed by atoms with van der Waals surface area (Å²) < 4.78 is 11.0. The Morgan fingerprint density at radius 1 is 1.25 bits per heavy atom. The number of esters is 1. The van der Waals surface area contributed by atoms with E-state index in [-0.39, 0.29) is 23.9 Å². The molecule has 0 aromatic rings. The average Bonchev–Trinajstić information content (AvgIpc) is 2.69. The average molecular weight is 396 g/mol. The molecule has 2 fully saturated rings. The normalized spacial score (nSPS) is 22.7. The number of hydrogen-bond acceptors (Lipinski definition) is 5. The van der Waals surface area contributed by atoms with E-state index in [0.29, 0.717) is 39.1 Å². The third-order valence-corrected chi connectivity index (χ3v) is 6.08. The number of urea groups is 1. The van der Waals surface area contributed by atoms with Crippen LogP contribution in [0.5, 0.6) is 0 Å². The van der Waals surface area contributed by atoms with E-state index >= 15 is 0 Å². The van der Waals surface area contributed by atoms with Crippen LogP contribution in [0.4, 0.5) is 4.79 Å². The summed E-state index contributed by atoms with van der Waals surface area (Å²) in [5.41, 5.74) is -0.452. The molecule has 28 heavy (non-hydrogen) atoms. The Kier molecular flexibility index (Phi) is 7.09. The molecule has 0 bridgehead atoms. The minimum atomic E-state index is -0.626. The number of amides is 3. The van der Waals surface area contributed by atoms with Crippen molar-refractivity contribution < 1.29 is 23.9 Å². The second-order valence-electron chi connectivity index (χ2n) is 7.92. The van der Waals surface area contributed by atoms with Crippen LogP contribution in [-0.2, 0) is 19.1 Å². The number of carbonyl (C=O) groups is 3. The molecule has 8 nitrogen and oxygen atoms in total. The van der Waals surface area contributed by atoms with Crippen molar-refractivity contribution in [3.8, 4) is 0 Å². The van der Waals surface area contributed by atoms with Gasteiger partial charge in [-0.2, -0.15) is 0 Å². The van der Waals surface area contributed by atoms with Crippen LogP contribution in [-0.4, -0.2) is 90.7 Å². The Bertz CT molecular complexity index is 613. The summed E-state index contributed by atoms with van der Waals surface area (Å²) in [7, 11) is 2.97. The Morgan fingerprint density at radius 2 is 1.86 bits per heavy atom. The quantitative estimate of drug-likeness (QED) is 0.532. The second-order valence-corrected chi connectivity index (χ2v) is 7.92. The van der Waals surface area contributed by atoms with Crippen LogP contribution in [0.15, 0.2) is 12.7 Å². The van der Waals surface area contributed by atoms with Gasteiger partial charge in [-0.1, -0.05) is 20.4 Å². The lowest BCUT2D eigenvalue weighted by Crippen LogP contribution is -2.64. The zero-order chi connectivity index (χ0) is 21.1. The SMILES string of the molecule is C=CC(=O)N1CCOC2(CCN(C(=O)N(C)[C@H](C(=O)OC)C(C)C)CC2)[C@@H]1C. The van der Waals surface area contributed by atoms with Gasteiger partial charge < -0.3 is 24.2 Å². The van der Waals surface area contributed by atoms with Crippen LogP contribution in [0.1, 0.15) is 33.6 Å². The van der Waals surface area contributed by atoms with Crippen LogP contribution in [0.3, 0.4) is 0 Å². The highest BCUT2D eigenvalue weighted by Crippen LogP contribution is 2.35. The van der Waals surface area contributed by atoms with Crippen molar-refractivity contribution in [2.75, 3.05) is 40.4 Å². The summed E-state index contributed by atoms with van der Waals surface area (Å²) >= 11 is 0. The number of likely N-dealkylation sites (N-methyl/N-ethyl adjacent to an activating group) is 1. The highest BCUT2D eigenvalue weighted by molar-refractivity contribution is 5.87. The molecule has 2 aliphatic rings. The van der Waals surface area contributed by atoms with Gasteiger partial charge in [0.2, 0.25) is 5.91 Å². The van der Waals surface area contributed by atoms with Crippen LogP contribution >= 0.6 is 0 Å². The van der Waals surface area contributed by atoms with Gasteiger partial charge >= 0.3 is 12.0 Å². The molecule has 2 rings (SSSR count). The molecule has 2 atom stereocenters. The number of rotatable bonds is 4. The number of hydrogen-bond donors (Lipinski definition) is 0. The molecule has 2 saturated heterocycles. The molecule has 8 heteroatoms. The maximum absolute atomic E-state index is 13.0. The van der Waals surface area contributed by atoms with Gasteiger partial charge in [-0.05, 0) is 31.8 Å². The van der Waals surface area contributed by atoms with Gasteiger partial charge in [0.15, 0.2) is 0 Å². The van der Waals surface area contributed by atoms with Gasteiger partial charge in [-0.3, -0.25) is 4.79 Å². The van der Waals surface area contributed by atoms with Gasteiger partial charge in [0.05, 0.1) is 25.4 Å². The first-order valence-electron chi connectivity index (χ1n) is 9.85. The second kappa shape index (κ2) is 8.94. The molecule has 0 radical (unpaired) electrons. The molecule has 0 saturated carbocycles. The Morgan fingerprint density at radius 3 is 2.36 bits per heavy atom. The molecular formula is C20H33N3O5. The molecule has 0 aliphatic carbocycles. The number of nitrogens with zero attached hydrogens (tertiary/aromatic N) is 3. The number of methoxy groups -OCH3 is 1. The topological polar surface area (TPSA) is 79.4 Å². The van der Waals surface area contributed by atoms with E-state index in [1.165, 1.54) is 18.1 Å². The van der Waals surface area contributed by atoms with Gasteiger partial charge in [0, 0.05) is 26.7 Å². The highest BCUT2D eigenvalue weighted by Gasteiger charge is 2.47. The van der Waals surface area contributed by atoms with E-state index in [1.807, 2.05) is 20.8 Å². The fraction of sp³-hybridized carbons (Fsp3) is 0.750. The van der Waals surface area contributed by atoms with Crippen LogP contribution < -0.4 is 0 Å². The maximum Gasteiger partial charge on any atom is 0.328 e. The van der Waals surface area contributed by atoms with Crippen molar-refractivity contribution >= 4 is 17.9 Å². The van der Waals surface area contributed by atoms with Crippen molar-refractivity contribution in [2.45, 2.75) is 51.3 Å². The first kappa shape index (κ1) is 22.2. The summed E-state index contributed by atoms with van der Waals surface area (Å²) in [5.74, 6) is -0.564. The van der Waals surface area contributed by atoms with E-state index in [4.69, 9.17) is 9.47 Å². The number of piperidine rings is 1. The minimum Gasteiger partial charge on any atom is -0.467 e. The number of carbonyl (C=O) groups excluding carboxylic acids is 3. The van der Waals surface area contributed by atoms with E-state index < -0.39 is 17.6 Å². The molecule has 158 valence electrons. The Labute approximate surface area is 167 Å². The van der Waals surface area contributed by atoms with Crippen molar-refractivity contribution in [1.29, 1.82) is 0 Å². The lowest BCUT2D eigenvalue weighted by atomic mass is 9.82. The highest BCUT2D eigenvalue weighted by atomic mass is 16.5. The molecule has 0 aromatic heterocycles. The minimum absolute atomic E-state index is 0.0577. The van der Waals surface area contributed by atoms with Gasteiger partial charge in [-0.25, -0.2) is 9.59 Å². The van der Waals surface area contributed by atoms with Crippen LogP contribution in [0, 0.1) is 5.92 Å². The Balaban J connectivity index is 2.06. The van der Waals surface area contributed by atoms with Gasteiger partial charge in [0.1, 0.15) is 6.04 Å². The van der Waals surface area contributed by atoms with Crippen molar-refractivity contribution in [1.82, 2.24) is 14.7 Å². The summed E-state index contributed by atoms with van der Waals surface area (Å²) in [6, 6.07) is -0.902. The fourth-order valence-electron chi connectivity index (χ4n) is 4.34. The first-order valence-corrected chi connectivity index (χ1v) is 9.85. The van der Waals surface area contributed by atoms with Crippen LogP contribution in [0.25, 0.3) is 0 Å². The van der Waals surface area contributed by atoms with Crippen molar-refractivity contribution in [2.24, 2.45) is 5.92 Å².